The van der Waals surface area contributed by atoms with Crippen LogP contribution >= 0.6 is 11.8 Å². The minimum atomic E-state index is -0.684. The molecule has 0 spiro atoms. The first-order valence-corrected chi connectivity index (χ1v) is 5.16. The molecule has 0 saturated carbocycles. The summed E-state index contributed by atoms with van der Waals surface area (Å²) in [6, 6.07) is -0.684. The second kappa shape index (κ2) is 5.08. The van der Waals surface area contributed by atoms with Gasteiger partial charge in [0.25, 0.3) is 0 Å². The van der Waals surface area contributed by atoms with Crippen molar-refractivity contribution in [3.05, 3.63) is 0 Å². The van der Waals surface area contributed by atoms with Gasteiger partial charge in [0.1, 0.15) is 6.04 Å². The van der Waals surface area contributed by atoms with Crippen LogP contribution in [0.4, 0.5) is 0 Å². The fourth-order valence-electron chi connectivity index (χ4n) is 0.888. The van der Waals surface area contributed by atoms with Gasteiger partial charge < -0.3 is 10.5 Å². The summed E-state index contributed by atoms with van der Waals surface area (Å²) in [7, 11) is 3.03. The number of hydrogen-bond donors (Lipinski definition) is 1. The van der Waals surface area contributed by atoms with Crippen molar-refractivity contribution in [3.63, 3.8) is 0 Å². The molecule has 1 heterocycles. The molecule has 84 valence electrons. The van der Waals surface area contributed by atoms with E-state index in [1.165, 1.54) is 23.6 Å². The predicted molar refractivity (Wildman–Crippen MR) is 54.1 cm³/mol. The minimum Gasteiger partial charge on any atom is -0.468 e. The van der Waals surface area contributed by atoms with Crippen LogP contribution in [0.5, 0.6) is 0 Å². The van der Waals surface area contributed by atoms with Crippen LogP contribution in [0, 0.1) is 0 Å². The van der Waals surface area contributed by atoms with Crippen LogP contribution in [0.1, 0.15) is 6.92 Å². The second-order valence-electron chi connectivity index (χ2n) is 2.96. The lowest BCUT2D eigenvalue weighted by molar-refractivity contribution is -0.142. The van der Waals surface area contributed by atoms with Gasteiger partial charge >= 0.3 is 5.97 Å². The molecule has 8 heteroatoms. The summed E-state index contributed by atoms with van der Waals surface area (Å²) >= 11 is 1.33. The summed E-state index contributed by atoms with van der Waals surface area (Å²) in [4.78, 5) is 11.1. The Morgan fingerprint density at radius 1 is 1.67 bits per heavy atom. The third-order valence-corrected chi connectivity index (χ3v) is 3.07. The number of carbonyl (C=O) groups excluding carboxylic acids is 1. The molecule has 0 radical (unpaired) electrons. The van der Waals surface area contributed by atoms with Crippen molar-refractivity contribution in [2.24, 2.45) is 12.8 Å². The van der Waals surface area contributed by atoms with Crippen LogP contribution < -0.4 is 5.73 Å². The average molecular weight is 231 g/mol. The highest BCUT2D eigenvalue weighted by Gasteiger charge is 2.24. The molecule has 0 aliphatic rings. The van der Waals surface area contributed by atoms with Gasteiger partial charge in [-0.25, -0.2) is 4.68 Å². The molecule has 0 bridgehead atoms. The summed E-state index contributed by atoms with van der Waals surface area (Å²) in [6.45, 7) is 1.82. The van der Waals surface area contributed by atoms with E-state index >= 15 is 0 Å². The van der Waals surface area contributed by atoms with Crippen LogP contribution in [-0.4, -0.2) is 44.6 Å². The number of aryl methyl sites for hydroxylation is 1. The van der Waals surface area contributed by atoms with Gasteiger partial charge in [-0.05, 0) is 10.4 Å². The van der Waals surface area contributed by atoms with E-state index in [1.807, 2.05) is 6.92 Å². The Bertz CT molecular complexity index is 342. The molecule has 2 unspecified atom stereocenters. The SMILES string of the molecule is COC(=O)C(N)C(C)Sc1nnnn1C. The Kier molecular flexibility index (Phi) is 4.04. The van der Waals surface area contributed by atoms with E-state index in [0.717, 1.165) is 0 Å². The number of carbonyl (C=O) groups is 1. The molecule has 0 aliphatic carbocycles. The fraction of sp³-hybridized carbons (Fsp3) is 0.714. The highest BCUT2D eigenvalue weighted by Crippen LogP contribution is 2.21. The number of methoxy groups -OCH3 is 1. The zero-order chi connectivity index (χ0) is 11.4. The van der Waals surface area contributed by atoms with Gasteiger partial charge in [0.2, 0.25) is 5.16 Å². The van der Waals surface area contributed by atoms with Crippen LogP contribution in [0.3, 0.4) is 0 Å². The molecule has 1 rings (SSSR count). The Morgan fingerprint density at radius 3 is 2.80 bits per heavy atom. The fourth-order valence-corrected chi connectivity index (χ4v) is 1.75. The zero-order valence-electron chi connectivity index (χ0n) is 8.75. The molecule has 2 atom stereocenters. The Labute approximate surface area is 91.3 Å². The van der Waals surface area contributed by atoms with Crippen molar-refractivity contribution in [2.75, 3.05) is 7.11 Å². The first kappa shape index (κ1) is 11.9. The number of aromatic nitrogens is 4. The Balaban J connectivity index is 2.59. The van der Waals surface area contributed by atoms with E-state index in [0.29, 0.717) is 5.16 Å². The van der Waals surface area contributed by atoms with Gasteiger partial charge in [-0.2, -0.15) is 0 Å². The smallest absolute Gasteiger partial charge is 0.323 e. The number of ether oxygens (including phenoxy) is 1. The van der Waals surface area contributed by atoms with Gasteiger partial charge in [-0.3, -0.25) is 4.79 Å². The van der Waals surface area contributed by atoms with Gasteiger partial charge in [-0.15, -0.1) is 5.10 Å². The standard InChI is InChI=1S/C7H13N5O2S/c1-4(5(8)6(13)14-3)15-7-9-10-11-12(7)2/h4-5H,8H2,1-3H3. The lowest BCUT2D eigenvalue weighted by Crippen LogP contribution is -2.39. The van der Waals surface area contributed by atoms with Crippen LogP contribution in [0.25, 0.3) is 0 Å². The van der Waals surface area contributed by atoms with Gasteiger partial charge in [0.15, 0.2) is 0 Å². The van der Waals surface area contributed by atoms with Crippen LogP contribution in [-0.2, 0) is 16.6 Å². The molecule has 0 aliphatic heterocycles. The lowest BCUT2D eigenvalue weighted by atomic mass is 10.2. The third-order valence-electron chi connectivity index (χ3n) is 1.85. The molecule has 1 aromatic heterocycles. The molecule has 0 saturated heterocycles. The average Bonchev–Trinajstić information content (AvgIpc) is 2.62. The first-order chi connectivity index (χ1) is 7.06. The van der Waals surface area contributed by atoms with Gasteiger partial charge in [-0.1, -0.05) is 18.7 Å². The normalized spacial score (nSPS) is 14.7. The van der Waals surface area contributed by atoms with Crippen molar-refractivity contribution < 1.29 is 9.53 Å². The monoisotopic (exact) mass is 231 g/mol. The highest BCUT2D eigenvalue weighted by molar-refractivity contribution is 7.99. The Hall–Kier alpha value is -1.15. The summed E-state index contributed by atoms with van der Waals surface area (Å²) < 4.78 is 6.07. The molecule has 15 heavy (non-hydrogen) atoms. The van der Waals surface area contributed by atoms with Crippen LogP contribution in [0.15, 0.2) is 5.16 Å². The van der Waals surface area contributed by atoms with Crippen LogP contribution in [0.2, 0.25) is 0 Å². The molecule has 0 fully saturated rings. The van der Waals surface area contributed by atoms with E-state index < -0.39 is 12.0 Å². The van der Waals surface area contributed by atoms with Crippen molar-refractivity contribution in [3.8, 4) is 0 Å². The second-order valence-corrected chi connectivity index (χ2v) is 4.30. The number of esters is 1. The van der Waals surface area contributed by atoms with Crippen molar-refractivity contribution in [1.82, 2.24) is 20.2 Å². The predicted octanol–water partition coefficient (Wildman–Crippen LogP) is -0.809. The number of rotatable bonds is 4. The number of nitrogens with zero attached hydrogens (tertiary/aromatic N) is 4. The quantitative estimate of drug-likeness (QED) is 0.534. The highest BCUT2D eigenvalue weighted by atomic mass is 32.2. The maximum absolute atomic E-state index is 11.1. The molecule has 0 aromatic carbocycles. The van der Waals surface area contributed by atoms with Gasteiger partial charge in [0, 0.05) is 12.3 Å². The summed E-state index contributed by atoms with van der Waals surface area (Å²) in [5, 5.41) is 11.4. The number of hydrogen-bond acceptors (Lipinski definition) is 7. The van der Waals surface area contributed by atoms with Gasteiger partial charge in [0.05, 0.1) is 7.11 Å². The summed E-state index contributed by atoms with van der Waals surface area (Å²) in [5.41, 5.74) is 5.66. The van der Waals surface area contributed by atoms with E-state index in [-0.39, 0.29) is 5.25 Å². The van der Waals surface area contributed by atoms with Crippen molar-refractivity contribution >= 4 is 17.7 Å². The molecule has 7 nitrogen and oxygen atoms in total. The first-order valence-electron chi connectivity index (χ1n) is 4.28. The summed E-state index contributed by atoms with van der Waals surface area (Å²) in [6.07, 6.45) is 0. The largest absolute Gasteiger partial charge is 0.468 e. The maximum Gasteiger partial charge on any atom is 0.323 e. The number of thioether (sulfide) groups is 1. The lowest BCUT2D eigenvalue weighted by Gasteiger charge is -2.15. The molecule has 1 aromatic rings. The van der Waals surface area contributed by atoms with Crippen molar-refractivity contribution in [2.45, 2.75) is 23.4 Å². The number of nitrogens with two attached hydrogens (primary N) is 1. The number of tetrazole rings is 1. The third kappa shape index (κ3) is 2.90. The van der Waals surface area contributed by atoms with E-state index in [4.69, 9.17) is 5.73 Å². The minimum absolute atomic E-state index is 0.151. The molecule has 2 N–H and O–H groups in total. The maximum atomic E-state index is 11.1. The van der Waals surface area contributed by atoms with Crippen molar-refractivity contribution in [1.29, 1.82) is 0 Å². The zero-order valence-corrected chi connectivity index (χ0v) is 9.56. The molecular weight excluding hydrogens is 218 g/mol. The van der Waals surface area contributed by atoms with E-state index in [2.05, 4.69) is 20.3 Å². The van der Waals surface area contributed by atoms with E-state index in [9.17, 15) is 4.79 Å². The molecule has 0 amide bonds. The topological polar surface area (TPSA) is 95.9 Å². The van der Waals surface area contributed by atoms with E-state index in [1.54, 1.807) is 7.05 Å². The Morgan fingerprint density at radius 2 is 2.33 bits per heavy atom. The summed E-state index contributed by atoms with van der Waals surface area (Å²) in [5.74, 6) is -0.440. The molecular formula is C7H13N5O2S.